The minimum Gasteiger partial charge on any atom is -0.399 e. The summed E-state index contributed by atoms with van der Waals surface area (Å²) < 4.78 is 0. The summed E-state index contributed by atoms with van der Waals surface area (Å²) in [7, 11) is 0. The summed E-state index contributed by atoms with van der Waals surface area (Å²) in [6.07, 6.45) is 4.00. The second-order valence-corrected chi connectivity index (χ2v) is 5.24. The number of anilines is 1. The molecule has 0 fully saturated rings. The highest BCUT2D eigenvalue weighted by Crippen LogP contribution is 2.15. The first-order chi connectivity index (χ1) is 8.74. The summed E-state index contributed by atoms with van der Waals surface area (Å²) in [5.74, 6) is 1.04. The van der Waals surface area contributed by atoms with Crippen molar-refractivity contribution in [3.8, 4) is 0 Å². The lowest BCUT2D eigenvalue weighted by molar-refractivity contribution is 0.906. The van der Waals surface area contributed by atoms with Crippen LogP contribution in [-0.4, -0.2) is 15.7 Å². The second kappa shape index (κ2) is 6.40. The van der Waals surface area contributed by atoms with Crippen molar-refractivity contribution in [1.29, 1.82) is 0 Å². The summed E-state index contributed by atoms with van der Waals surface area (Å²) in [4.78, 5) is 8.60. The number of hydrogen-bond donors (Lipinski definition) is 1. The molecule has 2 N–H and O–H groups in total. The third-order valence-electron chi connectivity index (χ3n) is 2.59. The first kappa shape index (κ1) is 12.9. The molecule has 0 aliphatic heterocycles. The van der Waals surface area contributed by atoms with Gasteiger partial charge in [-0.2, -0.15) is 0 Å². The Balaban J connectivity index is 1.74. The lowest BCUT2D eigenvalue weighted by Crippen LogP contribution is -1.92. The van der Waals surface area contributed by atoms with E-state index in [0.29, 0.717) is 0 Å². The molecule has 4 heteroatoms. The SMILES string of the molecule is Cc1ccnc(SCCCc2ccc(N)cc2)n1. The van der Waals surface area contributed by atoms with Gasteiger partial charge in [0.1, 0.15) is 0 Å². The first-order valence-electron chi connectivity index (χ1n) is 6.01. The van der Waals surface area contributed by atoms with Gasteiger partial charge in [-0.15, -0.1) is 0 Å². The van der Waals surface area contributed by atoms with Crippen molar-refractivity contribution in [2.24, 2.45) is 0 Å². The number of aromatic nitrogens is 2. The molecule has 1 heterocycles. The molecule has 0 atom stereocenters. The van der Waals surface area contributed by atoms with E-state index in [0.717, 1.165) is 35.1 Å². The fraction of sp³-hybridized carbons (Fsp3) is 0.286. The molecule has 1 aromatic heterocycles. The normalized spacial score (nSPS) is 10.5. The molecule has 0 radical (unpaired) electrons. The van der Waals surface area contributed by atoms with Gasteiger partial charge in [-0.25, -0.2) is 9.97 Å². The summed E-state index contributed by atoms with van der Waals surface area (Å²) in [5, 5.41) is 0.868. The van der Waals surface area contributed by atoms with Crippen LogP contribution in [0.3, 0.4) is 0 Å². The van der Waals surface area contributed by atoms with Crippen molar-refractivity contribution >= 4 is 17.4 Å². The molecule has 1 aromatic carbocycles. The van der Waals surface area contributed by atoms with E-state index in [1.54, 1.807) is 11.8 Å². The zero-order valence-electron chi connectivity index (χ0n) is 10.5. The Hall–Kier alpha value is -1.55. The van der Waals surface area contributed by atoms with Gasteiger partial charge in [0.05, 0.1) is 0 Å². The van der Waals surface area contributed by atoms with Crippen LogP contribution in [0, 0.1) is 6.92 Å². The Morgan fingerprint density at radius 1 is 1.17 bits per heavy atom. The molecule has 2 aromatic rings. The van der Waals surface area contributed by atoms with Crippen LogP contribution in [0.4, 0.5) is 5.69 Å². The third-order valence-corrected chi connectivity index (χ3v) is 3.54. The quantitative estimate of drug-likeness (QED) is 0.388. The third kappa shape index (κ3) is 4.04. The van der Waals surface area contributed by atoms with Crippen LogP contribution in [0.2, 0.25) is 0 Å². The molecule has 0 bridgehead atoms. The van der Waals surface area contributed by atoms with E-state index in [9.17, 15) is 0 Å². The van der Waals surface area contributed by atoms with Crippen LogP contribution in [0.25, 0.3) is 0 Å². The zero-order valence-corrected chi connectivity index (χ0v) is 11.3. The minimum absolute atomic E-state index is 0.821. The highest BCUT2D eigenvalue weighted by atomic mass is 32.2. The van der Waals surface area contributed by atoms with Crippen molar-refractivity contribution in [2.75, 3.05) is 11.5 Å². The van der Waals surface area contributed by atoms with Gasteiger partial charge in [0.2, 0.25) is 0 Å². The summed E-state index contributed by atoms with van der Waals surface area (Å²) in [6, 6.07) is 9.99. The minimum atomic E-state index is 0.821. The van der Waals surface area contributed by atoms with Gasteiger partial charge >= 0.3 is 0 Å². The lowest BCUT2D eigenvalue weighted by Gasteiger charge is -2.02. The van der Waals surface area contributed by atoms with Crippen molar-refractivity contribution in [1.82, 2.24) is 9.97 Å². The molecule has 0 aliphatic carbocycles. The second-order valence-electron chi connectivity index (χ2n) is 4.17. The van der Waals surface area contributed by atoms with Crippen molar-refractivity contribution in [3.63, 3.8) is 0 Å². The van der Waals surface area contributed by atoms with E-state index in [-0.39, 0.29) is 0 Å². The smallest absolute Gasteiger partial charge is 0.187 e. The van der Waals surface area contributed by atoms with Gasteiger partial charge < -0.3 is 5.73 Å². The Kier molecular flexibility index (Phi) is 4.59. The molecule has 18 heavy (non-hydrogen) atoms. The molecular weight excluding hydrogens is 242 g/mol. The fourth-order valence-corrected chi connectivity index (χ4v) is 2.43. The predicted octanol–water partition coefficient (Wildman–Crippen LogP) is 3.09. The number of benzene rings is 1. The molecule has 3 nitrogen and oxygen atoms in total. The summed E-state index contributed by atoms with van der Waals surface area (Å²) in [6.45, 7) is 1.99. The zero-order chi connectivity index (χ0) is 12.8. The van der Waals surface area contributed by atoms with E-state index in [1.165, 1.54) is 5.56 Å². The number of nitrogens with zero attached hydrogens (tertiary/aromatic N) is 2. The average Bonchev–Trinajstić information content (AvgIpc) is 2.37. The van der Waals surface area contributed by atoms with Gasteiger partial charge in [0.25, 0.3) is 0 Å². The molecule has 0 aliphatic rings. The molecule has 94 valence electrons. The van der Waals surface area contributed by atoms with Crippen LogP contribution in [0.5, 0.6) is 0 Å². The lowest BCUT2D eigenvalue weighted by atomic mass is 10.1. The van der Waals surface area contributed by atoms with Gasteiger partial charge in [-0.1, -0.05) is 23.9 Å². The molecule has 2 rings (SSSR count). The van der Waals surface area contributed by atoms with Crippen LogP contribution < -0.4 is 5.73 Å². The van der Waals surface area contributed by atoms with Crippen molar-refractivity contribution in [3.05, 3.63) is 47.8 Å². The number of aryl methyl sites for hydroxylation is 2. The molecule has 0 saturated heterocycles. The maximum atomic E-state index is 5.65. The van der Waals surface area contributed by atoms with Gasteiger partial charge in [-0.3, -0.25) is 0 Å². The van der Waals surface area contributed by atoms with E-state index in [4.69, 9.17) is 5.73 Å². The van der Waals surface area contributed by atoms with Gasteiger partial charge in [-0.05, 0) is 43.5 Å². The van der Waals surface area contributed by atoms with E-state index in [2.05, 4.69) is 22.1 Å². The van der Waals surface area contributed by atoms with Gasteiger partial charge in [0, 0.05) is 23.3 Å². The molecule has 0 spiro atoms. The maximum Gasteiger partial charge on any atom is 0.187 e. The Bertz CT molecular complexity index is 497. The largest absolute Gasteiger partial charge is 0.399 e. The number of nitrogen functional groups attached to an aromatic ring is 1. The van der Waals surface area contributed by atoms with Crippen molar-refractivity contribution < 1.29 is 0 Å². The van der Waals surface area contributed by atoms with E-state index < -0.39 is 0 Å². The molecule has 0 saturated carbocycles. The Morgan fingerprint density at radius 2 is 1.94 bits per heavy atom. The summed E-state index contributed by atoms with van der Waals surface area (Å²) >= 11 is 1.71. The monoisotopic (exact) mass is 259 g/mol. The predicted molar refractivity (Wildman–Crippen MR) is 76.7 cm³/mol. The van der Waals surface area contributed by atoms with E-state index in [1.807, 2.05) is 31.3 Å². The number of rotatable bonds is 5. The van der Waals surface area contributed by atoms with Gasteiger partial charge in [0.15, 0.2) is 5.16 Å². The van der Waals surface area contributed by atoms with Crippen LogP contribution in [0.15, 0.2) is 41.7 Å². The van der Waals surface area contributed by atoms with Crippen LogP contribution in [0.1, 0.15) is 17.7 Å². The van der Waals surface area contributed by atoms with Crippen molar-refractivity contribution in [2.45, 2.75) is 24.9 Å². The Labute approximate surface area is 112 Å². The number of hydrogen-bond acceptors (Lipinski definition) is 4. The van der Waals surface area contributed by atoms with E-state index >= 15 is 0 Å². The number of nitrogens with two attached hydrogens (primary N) is 1. The topological polar surface area (TPSA) is 51.8 Å². The maximum absolute atomic E-state index is 5.65. The number of thioether (sulfide) groups is 1. The fourth-order valence-electron chi connectivity index (χ4n) is 1.62. The highest BCUT2D eigenvalue weighted by molar-refractivity contribution is 7.99. The average molecular weight is 259 g/mol. The standard InChI is InChI=1S/C14H17N3S/c1-11-8-9-16-14(17-11)18-10-2-3-12-4-6-13(15)7-5-12/h4-9H,2-3,10,15H2,1H3. The molecule has 0 amide bonds. The summed E-state index contributed by atoms with van der Waals surface area (Å²) in [5.41, 5.74) is 8.82. The Morgan fingerprint density at radius 3 is 2.67 bits per heavy atom. The highest BCUT2D eigenvalue weighted by Gasteiger charge is 1.98. The van der Waals surface area contributed by atoms with Crippen LogP contribution >= 0.6 is 11.8 Å². The first-order valence-corrected chi connectivity index (χ1v) is 6.99. The molecular formula is C14H17N3S. The molecule has 0 unspecified atom stereocenters. The van der Waals surface area contributed by atoms with Crippen LogP contribution in [-0.2, 0) is 6.42 Å².